The van der Waals surface area contributed by atoms with Crippen molar-refractivity contribution in [3.63, 3.8) is 0 Å². The van der Waals surface area contributed by atoms with Crippen molar-refractivity contribution in [2.24, 2.45) is 0 Å². The zero-order valence-corrected chi connectivity index (χ0v) is 14.9. The lowest BCUT2D eigenvalue weighted by molar-refractivity contribution is 0.00578. The van der Waals surface area contributed by atoms with Gasteiger partial charge in [0.25, 0.3) is 0 Å². The highest BCUT2D eigenvalue weighted by Gasteiger charge is 2.53. The molecule has 1 atom stereocenters. The third-order valence-electron chi connectivity index (χ3n) is 5.23. The molecule has 0 N–H and O–H groups in total. The summed E-state index contributed by atoms with van der Waals surface area (Å²) in [7, 11) is -0.0692. The fourth-order valence-corrected chi connectivity index (χ4v) is 2.96. The van der Waals surface area contributed by atoms with Gasteiger partial charge in [-0.1, -0.05) is 56.5 Å². The van der Waals surface area contributed by atoms with Gasteiger partial charge in [-0.25, -0.2) is 0 Å². The van der Waals surface area contributed by atoms with Crippen LogP contribution in [-0.4, -0.2) is 18.3 Å². The molecule has 0 aromatic heterocycles. The maximum atomic E-state index is 6.29. The maximum absolute atomic E-state index is 6.29. The van der Waals surface area contributed by atoms with Crippen LogP contribution in [0.25, 0.3) is 0 Å². The van der Waals surface area contributed by atoms with Crippen molar-refractivity contribution in [1.29, 1.82) is 0 Å². The van der Waals surface area contributed by atoms with Gasteiger partial charge in [0.1, 0.15) is 0 Å². The normalized spacial score (nSPS) is 21.0. The smallest absolute Gasteiger partial charge is 0.403 e. The molecule has 0 bridgehead atoms. The lowest BCUT2D eigenvalue weighted by atomic mass is 9.66. The minimum atomic E-state index is -0.227. The molecule has 2 nitrogen and oxygen atoms in total. The Bertz CT molecular complexity index is 440. The zero-order valence-electron chi connectivity index (χ0n) is 14.9. The molecule has 0 saturated carbocycles. The Labute approximate surface area is 136 Å². The van der Waals surface area contributed by atoms with Crippen LogP contribution in [0.1, 0.15) is 65.9 Å². The summed E-state index contributed by atoms with van der Waals surface area (Å²) in [4.78, 5) is 0. The van der Waals surface area contributed by atoms with Crippen LogP contribution in [0.4, 0.5) is 0 Å². The minimum Gasteiger partial charge on any atom is -0.403 e. The van der Waals surface area contributed by atoms with Gasteiger partial charge in [-0.05, 0) is 51.9 Å². The second kappa shape index (κ2) is 7.19. The molecule has 22 heavy (non-hydrogen) atoms. The van der Waals surface area contributed by atoms with Gasteiger partial charge in [-0.15, -0.1) is 0 Å². The number of aryl methyl sites for hydroxylation is 1. The summed E-state index contributed by atoms with van der Waals surface area (Å²) in [5.74, 6) is 0.473. The predicted molar refractivity (Wildman–Crippen MR) is 94.1 cm³/mol. The van der Waals surface area contributed by atoms with Crippen LogP contribution in [0, 0.1) is 0 Å². The average Bonchev–Trinajstić information content (AvgIpc) is 2.68. The van der Waals surface area contributed by atoms with Gasteiger partial charge in [0.05, 0.1) is 11.2 Å². The highest BCUT2D eigenvalue weighted by atomic mass is 16.7. The summed E-state index contributed by atoms with van der Waals surface area (Å²) in [5, 5.41) is 0. The van der Waals surface area contributed by atoms with Crippen molar-refractivity contribution in [2.75, 3.05) is 0 Å². The summed E-state index contributed by atoms with van der Waals surface area (Å²) in [6, 6.07) is 10.7. The van der Waals surface area contributed by atoms with Gasteiger partial charge in [-0.2, -0.15) is 0 Å². The third-order valence-corrected chi connectivity index (χ3v) is 5.23. The minimum absolute atomic E-state index is 0.0692. The SMILES string of the molecule is CCCC[C@@H](CCc1ccccc1)B1OC(C)(C)C(C)(C)O1. The Morgan fingerprint density at radius 3 is 2.09 bits per heavy atom. The van der Waals surface area contributed by atoms with E-state index in [1.807, 2.05) is 0 Å². The lowest BCUT2D eigenvalue weighted by Gasteiger charge is -2.32. The van der Waals surface area contributed by atoms with E-state index in [-0.39, 0.29) is 18.3 Å². The van der Waals surface area contributed by atoms with Crippen molar-refractivity contribution in [3.8, 4) is 0 Å². The average molecular weight is 302 g/mol. The Kier molecular flexibility index (Phi) is 5.73. The van der Waals surface area contributed by atoms with Crippen molar-refractivity contribution in [2.45, 2.75) is 83.7 Å². The number of benzene rings is 1. The number of rotatable bonds is 7. The van der Waals surface area contributed by atoms with Crippen molar-refractivity contribution in [3.05, 3.63) is 35.9 Å². The molecular weight excluding hydrogens is 271 g/mol. The van der Waals surface area contributed by atoms with E-state index in [2.05, 4.69) is 65.0 Å². The topological polar surface area (TPSA) is 18.5 Å². The standard InChI is InChI=1S/C19H31BO2/c1-6-7-13-17(15-14-16-11-9-8-10-12-16)20-21-18(2,3)19(4,5)22-20/h8-12,17H,6-7,13-15H2,1-5H3/t17-/m0/s1. The van der Waals surface area contributed by atoms with Gasteiger partial charge >= 0.3 is 7.12 Å². The van der Waals surface area contributed by atoms with Crippen molar-refractivity contribution < 1.29 is 9.31 Å². The molecule has 1 aliphatic heterocycles. The number of hydrogen-bond donors (Lipinski definition) is 0. The van der Waals surface area contributed by atoms with E-state index < -0.39 is 0 Å². The maximum Gasteiger partial charge on any atom is 0.461 e. The first-order valence-electron chi connectivity index (χ1n) is 8.75. The van der Waals surface area contributed by atoms with Crippen LogP contribution in [0.3, 0.4) is 0 Å². The lowest BCUT2D eigenvalue weighted by Crippen LogP contribution is -2.41. The first-order valence-corrected chi connectivity index (χ1v) is 8.75. The van der Waals surface area contributed by atoms with Crippen LogP contribution >= 0.6 is 0 Å². The van der Waals surface area contributed by atoms with Crippen LogP contribution in [0.5, 0.6) is 0 Å². The summed E-state index contributed by atoms with van der Waals surface area (Å²) in [5.41, 5.74) is 0.949. The summed E-state index contributed by atoms with van der Waals surface area (Å²) >= 11 is 0. The van der Waals surface area contributed by atoms with Crippen LogP contribution in [0.2, 0.25) is 5.82 Å². The molecule has 122 valence electrons. The summed E-state index contributed by atoms with van der Waals surface area (Å²) < 4.78 is 12.6. The molecule has 1 saturated heterocycles. The van der Waals surface area contributed by atoms with E-state index in [0.717, 1.165) is 12.8 Å². The van der Waals surface area contributed by atoms with E-state index in [1.54, 1.807) is 0 Å². The van der Waals surface area contributed by atoms with E-state index in [1.165, 1.54) is 24.8 Å². The first kappa shape index (κ1) is 17.6. The van der Waals surface area contributed by atoms with E-state index >= 15 is 0 Å². The molecular formula is C19H31BO2. The molecule has 1 aromatic rings. The quantitative estimate of drug-likeness (QED) is 0.639. The van der Waals surface area contributed by atoms with E-state index in [9.17, 15) is 0 Å². The Morgan fingerprint density at radius 1 is 0.955 bits per heavy atom. The Hall–Kier alpha value is -0.795. The van der Waals surface area contributed by atoms with Crippen molar-refractivity contribution in [1.82, 2.24) is 0 Å². The largest absolute Gasteiger partial charge is 0.461 e. The fraction of sp³-hybridized carbons (Fsp3) is 0.684. The monoisotopic (exact) mass is 302 g/mol. The molecule has 0 amide bonds. The Balaban J connectivity index is 2.00. The zero-order chi connectivity index (χ0) is 16.2. The molecule has 1 aliphatic rings. The fourth-order valence-electron chi connectivity index (χ4n) is 2.96. The van der Waals surface area contributed by atoms with E-state index in [4.69, 9.17) is 9.31 Å². The van der Waals surface area contributed by atoms with Crippen LogP contribution < -0.4 is 0 Å². The molecule has 1 heterocycles. The summed E-state index contributed by atoms with van der Waals surface area (Å²) in [6.07, 6.45) is 5.87. The molecule has 2 rings (SSSR count). The molecule has 0 aliphatic carbocycles. The van der Waals surface area contributed by atoms with Gasteiger partial charge in [0.2, 0.25) is 0 Å². The second-order valence-electron chi connectivity index (χ2n) is 7.55. The van der Waals surface area contributed by atoms with Gasteiger partial charge in [-0.3, -0.25) is 0 Å². The van der Waals surface area contributed by atoms with E-state index in [0.29, 0.717) is 5.82 Å². The van der Waals surface area contributed by atoms with Gasteiger partial charge in [0, 0.05) is 0 Å². The molecule has 1 aromatic carbocycles. The second-order valence-corrected chi connectivity index (χ2v) is 7.55. The van der Waals surface area contributed by atoms with Crippen molar-refractivity contribution >= 4 is 7.12 Å². The van der Waals surface area contributed by atoms with Gasteiger partial charge < -0.3 is 9.31 Å². The molecule has 0 radical (unpaired) electrons. The molecule has 0 spiro atoms. The summed E-state index contributed by atoms with van der Waals surface area (Å²) in [6.45, 7) is 10.8. The molecule has 3 heteroatoms. The number of unbranched alkanes of at least 4 members (excludes halogenated alkanes) is 1. The van der Waals surface area contributed by atoms with Gasteiger partial charge in [0.15, 0.2) is 0 Å². The Morgan fingerprint density at radius 2 is 1.55 bits per heavy atom. The highest BCUT2D eigenvalue weighted by molar-refractivity contribution is 6.47. The third kappa shape index (κ3) is 4.14. The highest BCUT2D eigenvalue weighted by Crippen LogP contribution is 2.42. The first-order chi connectivity index (χ1) is 10.4. The predicted octanol–water partition coefficient (Wildman–Crippen LogP) is 5.27. The molecule has 0 unspecified atom stereocenters. The molecule has 1 fully saturated rings. The van der Waals surface area contributed by atoms with Crippen LogP contribution in [-0.2, 0) is 15.7 Å². The van der Waals surface area contributed by atoms with Crippen LogP contribution in [0.15, 0.2) is 30.3 Å². The number of hydrogen-bond acceptors (Lipinski definition) is 2.